The van der Waals surface area contributed by atoms with E-state index in [2.05, 4.69) is 10.3 Å². The Morgan fingerprint density at radius 2 is 1.74 bits per heavy atom. The molecule has 1 aromatic heterocycles. The Balaban J connectivity index is 1.73. The Hall–Kier alpha value is -2.27. The summed E-state index contributed by atoms with van der Waals surface area (Å²) in [5, 5.41) is 4.56. The quantitative estimate of drug-likeness (QED) is 0.557. The van der Waals surface area contributed by atoms with Crippen molar-refractivity contribution in [3.8, 4) is 11.5 Å². The normalized spacial score (nSPS) is 10.6. The summed E-state index contributed by atoms with van der Waals surface area (Å²) < 4.78 is 11.5. The average Bonchev–Trinajstić information content (AvgIpc) is 2.69. The van der Waals surface area contributed by atoms with E-state index in [1.54, 1.807) is 25.4 Å². The van der Waals surface area contributed by atoms with Crippen molar-refractivity contribution in [3.63, 3.8) is 0 Å². The zero-order valence-electron chi connectivity index (χ0n) is 14.9. The number of hydrogen-bond donors (Lipinski definition) is 1. The van der Waals surface area contributed by atoms with Gasteiger partial charge in [0.05, 0.1) is 7.11 Å². The van der Waals surface area contributed by atoms with Crippen LogP contribution in [0.1, 0.15) is 16.7 Å². The molecular formula is C21H20Cl2N2O2. The number of benzene rings is 2. The number of halogens is 2. The first-order valence-electron chi connectivity index (χ1n) is 8.50. The summed E-state index contributed by atoms with van der Waals surface area (Å²) in [7, 11) is 1.62. The van der Waals surface area contributed by atoms with Crippen molar-refractivity contribution in [1.82, 2.24) is 10.3 Å². The van der Waals surface area contributed by atoms with Gasteiger partial charge in [-0.2, -0.15) is 0 Å². The lowest BCUT2D eigenvalue weighted by atomic mass is 10.1. The van der Waals surface area contributed by atoms with E-state index in [1.165, 1.54) is 0 Å². The molecule has 1 N–H and O–H groups in total. The first-order valence-corrected chi connectivity index (χ1v) is 9.26. The molecule has 0 aliphatic heterocycles. The summed E-state index contributed by atoms with van der Waals surface area (Å²) in [5.74, 6) is 1.34. The Bertz CT molecular complexity index is 868. The lowest BCUT2D eigenvalue weighted by Crippen LogP contribution is -2.14. The van der Waals surface area contributed by atoms with Crippen molar-refractivity contribution in [2.45, 2.75) is 19.7 Å². The molecule has 0 saturated carbocycles. The van der Waals surface area contributed by atoms with Gasteiger partial charge in [0.25, 0.3) is 0 Å². The molecule has 0 fully saturated rings. The Kier molecular flexibility index (Phi) is 6.93. The number of rotatable bonds is 8. The molecule has 0 unspecified atom stereocenters. The number of hydrogen-bond acceptors (Lipinski definition) is 4. The maximum absolute atomic E-state index is 6.25. The van der Waals surface area contributed by atoms with Crippen LogP contribution in [0.15, 0.2) is 60.9 Å². The predicted molar refractivity (Wildman–Crippen MR) is 109 cm³/mol. The van der Waals surface area contributed by atoms with Crippen LogP contribution in [0.3, 0.4) is 0 Å². The largest absolute Gasteiger partial charge is 0.493 e. The molecule has 2 aromatic carbocycles. The van der Waals surface area contributed by atoms with E-state index < -0.39 is 0 Å². The van der Waals surface area contributed by atoms with E-state index in [1.807, 2.05) is 42.6 Å². The molecular weight excluding hydrogens is 383 g/mol. The molecule has 0 amide bonds. The maximum Gasteiger partial charge on any atom is 0.166 e. The topological polar surface area (TPSA) is 43.4 Å². The molecule has 0 saturated heterocycles. The number of nitrogens with one attached hydrogen (secondary N) is 1. The monoisotopic (exact) mass is 402 g/mol. The van der Waals surface area contributed by atoms with Gasteiger partial charge in [-0.15, -0.1) is 0 Å². The zero-order chi connectivity index (χ0) is 19.1. The maximum atomic E-state index is 6.25. The second kappa shape index (κ2) is 9.60. The van der Waals surface area contributed by atoms with Gasteiger partial charge in [0.15, 0.2) is 11.5 Å². The molecule has 0 aliphatic rings. The van der Waals surface area contributed by atoms with Gasteiger partial charge in [-0.25, -0.2) is 0 Å². The van der Waals surface area contributed by atoms with Crippen LogP contribution in [-0.4, -0.2) is 12.1 Å². The third kappa shape index (κ3) is 5.13. The number of aromatic nitrogens is 1. The van der Waals surface area contributed by atoms with Gasteiger partial charge in [0.1, 0.15) is 6.61 Å². The molecule has 3 aromatic rings. The number of ether oxygens (including phenoxy) is 2. The molecule has 140 valence electrons. The highest BCUT2D eigenvalue weighted by Crippen LogP contribution is 2.33. The standard InChI is InChI=1S/C21H20Cl2N2O2/c1-26-20-9-2-6-16(13-25-12-15-5-4-10-24-11-15)21(20)27-14-17-18(22)7-3-8-19(17)23/h2-11,25H,12-14H2,1H3. The van der Waals surface area contributed by atoms with Crippen LogP contribution in [-0.2, 0) is 19.7 Å². The molecule has 3 rings (SSSR count). The van der Waals surface area contributed by atoms with Gasteiger partial charge in [-0.3, -0.25) is 4.98 Å². The van der Waals surface area contributed by atoms with E-state index in [0.29, 0.717) is 34.6 Å². The van der Waals surface area contributed by atoms with Crippen LogP contribution in [0, 0.1) is 0 Å². The average molecular weight is 403 g/mol. The summed E-state index contributed by atoms with van der Waals surface area (Å²) in [4.78, 5) is 4.13. The van der Waals surface area contributed by atoms with Crippen molar-refractivity contribution in [1.29, 1.82) is 0 Å². The Labute approximate surface area is 169 Å². The molecule has 0 atom stereocenters. The fourth-order valence-electron chi connectivity index (χ4n) is 2.68. The Morgan fingerprint density at radius 3 is 2.44 bits per heavy atom. The van der Waals surface area contributed by atoms with Crippen molar-refractivity contribution in [3.05, 3.63) is 87.7 Å². The van der Waals surface area contributed by atoms with Gasteiger partial charge in [-0.05, 0) is 29.8 Å². The van der Waals surface area contributed by atoms with Crippen LogP contribution >= 0.6 is 23.2 Å². The van der Waals surface area contributed by atoms with Crippen LogP contribution in [0.25, 0.3) is 0 Å². The minimum Gasteiger partial charge on any atom is -0.493 e. The first-order chi connectivity index (χ1) is 13.2. The van der Waals surface area contributed by atoms with Crippen molar-refractivity contribution < 1.29 is 9.47 Å². The van der Waals surface area contributed by atoms with E-state index in [9.17, 15) is 0 Å². The summed E-state index contributed by atoms with van der Waals surface area (Å²) in [5.41, 5.74) is 2.85. The number of methoxy groups -OCH3 is 1. The highest BCUT2D eigenvalue weighted by atomic mass is 35.5. The van der Waals surface area contributed by atoms with Gasteiger partial charge >= 0.3 is 0 Å². The molecule has 0 bridgehead atoms. The summed E-state index contributed by atoms with van der Waals surface area (Å²) in [6.07, 6.45) is 3.60. The van der Waals surface area contributed by atoms with Gasteiger partial charge < -0.3 is 14.8 Å². The highest BCUT2D eigenvalue weighted by Gasteiger charge is 2.13. The third-order valence-corrected chi connectivity index (χ3v) is 4.78. The van der Waals surface area contributed by atoms with Crippen LogP contribution < -0.4 is 14.8 Å². The number of pyridine rings is 1. The number of nitrogens with zero attached hydrogens (tertiary/aromatic N) is 1. The van der Waals surface area contributed by atoms with E-state index in [-0.39, 0.29) is 6.61 Å². The van der Waals surface area contributed by atoms with Gasteiger partial charge in [-0.1, -0.05) is 47.5 Å². The number of para-hydroxylation sites is 1. The van der Waals surface area contributed by atoms with Crippen molar-refractivity contribution in [2.24, 2.45) is 0 Å². The lowest BCUT2D eigenvalue weighted by Gasteiger charge is -2.16. The molecule has 0 aliphatic carbocycles. The molecule has 6 heteroatoms. The van der Waals surface area contributed by atoms with Crippen LogP contribution in [0.2, 0.25) is 10.0 Å². The SMILES string of the molecule is COc1cccc(CNCc2cccnc2)c1OCc1c(Cl)cccc1Cl. The smallest absolute Gasteiger partial charge is 0.166 e. The molecule has 1 heterocycles. The third-order valence-electron chi connectivity index (χ3n) is 4.07. The fraction of sp³-hybridized carbons (Fsp3) is 0.190. The highest BCUT2D eigenvalue weighted by molar-refractivity contribution is 6.35. The van der Waals surface area contributed by atoms with Gasteiger partial charge in [0.2, 0.25) is 0 Å². The van der Waals surface area contributed by atoms with E-state index >= 15 is 0 Å². The molecule has 0 spiro atoms. The van der Waals surface area contributed by atoms with Crippen molar-refractivity contribution >= 4 is 23.2 Å². The second-order valence-electron chi connectivity index (χ2n) is 5.90. The van der Waals surface area contributed by atoms with Gasteiger partial charge in [0, 0.05) is 46.7 Å². The second-order valence-corrected chi connectivity index (χ2v) is 6.72. The Morgan fingerprint density at radius 1 is 0.963 bits per heavy atom. The first kappa shape index (κ1) is 19.5. The summed E-state index contributed by atoms with van der Waals surface area (Å²) in [6.45, 7) is 1.59. The van der Waals surface area contributed by atoms with Crippen LogP contribution in [0.4, 0.5) is 0 Å². The van der Waals surface area contributed by atoms with Crippen LogP contribution in [0.5, 0.6) is 11.5 Å². The zero-order valence-corrected chi connectivity index (χ0v) is 16.4. The van der Waals surface area contributed by atoms with E-state index in [0.717, 1.165) is 16.7 Å². The molecule has 4 nitrogen and oxygen atoms in total. The van der Waals surface area contributed by atoms with Crippen molar-refractivity contribution in [2.75, 3.05) is 7.11 Å². The fourth-order valence-corrected chi connectivity index (χ4v) is 3.19. The molecule has 0 radical (unpaired) electrons. The lowest BCUT2D eigenvalue weighted by molar-refractivity contribution is 0.281. The minimum absolute atomic E-state index is 0.258. The van der Waals surface area contributed by atoms with E-state index in [4.69, 9.17) is 32.7 Å². The summed E-state index contributed by atoms with van der Waals surface area (Å²) in [6, 6.07) is 15.2. The predicted octanol–water partition coefficient (Wildman–Crippen LogP) is 5.27. The summed E-state index contributed by atoms with van der Waals surface area (Å²) >= 11 is 12.5. The molecule has 27 heavy (non-hydrogen) atoms. The minimum atomic E-state index is 0.258.